The normalized spacial score (nSPS) is 23.0. The molecule has 1 saturated heterocycles. The molecule has 0 saturated carbocycles. The number of rotatable bonds is 7. The Bertz CT molecular complexity index is 1820. The van der Waals surface area contributed by atoms with Gasteiger partial charge in [0.25, 0.3) is 0 Å². The van der Waals surface area contributed by atoms with Gasteiger partial charge in [-0.3, -0.25) is 14.4 Å². The highest BCUT2D eigenvalue weighted by Crippen LogP contribution is 2.58. The number of carbonyl (C=O) groups is 3. The lowest BCUT2D eigenvalue weighted by atomic mass is 9.64. The van der Waals surface area contributed by atoms with Crippen molar-refractivity contribution in [1.82, 2.24) is 0 Å². The summed E-state index contributed by atoms with van der Waals surface area (Å²) in [5.41, 5.74) is 5.01. The molecule has 1 spiro atoms. The summed E-state index contributed by atoms with van der Waals surface area (Å²) in [5.74, 6) is -1.06. The van der Waals surface area contributed by atoms with Crippen LogP contribution in [0.4, 0.5) is 11.4 Å². The van der Waals surface area contributed by atoms with E-state index in [0.717, 1.165) is 40.8 Å². The number of aryl methyl sites for hydroxylation is 1. The molecule has 220 valence electrons. The predicted octanol–water partition coefficient (Wildman–Crippen LogP) is 6.89. The Morgan fingerprint density at radius 2 is 1.52 bits per heavy atom. The number of methoxy groups -OCH3 is 1. The highest BCUT2D eigenvalue weighted by Gasteiger charge is 2.70. The summed E-state index contributed by atoms with van der Waals surface area (Å²) in [6.07, 6.45) is 3.99. The summed E-state index contributed by atoms with van der Waals surface area (Å²) in [6.45, 7) is 4.15. The van der Waals surface area contributed by atoms with Gasteiger partial charge in [-0.05, 0) is 66.4 Å². The number of Topliss-reactive ketones (excluding diaryl/α,β-unsaturated/α-hetero) is 2. The zero-order chi connectivity index (χ0) is 30.6. The van der Waals surface area contributed by atoms with Crippen LogP contribution in [0.25, 0.3) is 5.57 Å². The van der Waals surface area contributed by atoms with Crippen molar-refractivity contribution in [3.8, 4) is 5.75 Å². The maximum atomic E-state index is 15.0. The summed E-state index contributed by atoms with van der Waals surface area (Å²) in [6, 6.07) is 28.7. The number of nitrogens with zero attached hydrogens (tertiary/aromatic N) is 1. The molecule has 3 aliphatic heterocycles. The van der Waals surface area contributed by atoms with Gasteiger partial charge in [-0.2, -0.15) is 0 Å². The van der Waals surface area contributed by atoms with Crippen molar-refractivity contribution in [2.75, 3.05) is 17.3 Å². The summed E-state index contributed by atoms with van der Waals surface area (Å²) in [4.78, 5) is 46.5. The smallest absolute Gasteiger partial charge is 0.238 e. The van der Waals surface area contributed by atoms with E-state index in [4.69, 9.17) is 4.74 Å². The summed E-state index contributed by atoms with van der Waals surface area (Å²) in [7, 11) is 1.58. The van der Waals surface area contributed by atoms with Gasteiger partial charge in [0, 0.05) is 28.1 Å². The lowest BCUT2D eigenvalue weighted by Crippen LogP contribution is -2.51. The van der Waals surface area contributed by atoms with E-state index in [0.29, 0.717) is 22.6 Å². The molecular formula is C38H34N2O4. The van der Waals surface area contributed by atoms with Crippen LogP contribution in [0.3, 0.4) is 0 Å². The average molecular weight is 583 g/mol. The standard InChI is InChI=1S/C38H34N2O4/c1-4-9-24-14-16-25(17-15-24)35(41)33-34(36(42)26-18-20-27(44-3)21-19-26)40-31-13-8-5-10-28(31)23(2)22-32(40)38(33)29-11-6-7-12-30(29)39-37(38)43/h5-8,10-22,32-34H,4,9H2,1-3H3,(H,39,43)/t32-,33-,34+,38+/m0/s1. The highest BCUT2D eigenvalue weighted by atomic mass is 16.5. The van der Waals surface area contributed by atoms with Gasteiger partial charge in [0.2, 0.25) is 5.91 Å². The Hall–Kier alpha value is -4.97. The van der Waals surface area contributed by atoms with Crippen LogP contribution in [-0.2, 0) is 16.6 Å². The van der Waals surface area contributed by atoms with Gasteiger partial charge in [0.05, 0.1) is 19.1 Å². The van der Waals surface area contributed by atoms with Crippen LogP contribution in [-0.4, -0.2) is 36.7 Å². The first-order chi connectivity index (χ1) is 21.4. The van der Waals surface area contributed by atoms with E-state index in [2.05, 4.69) is 18.3 Å². The molecule has 0 radical (unpaired) electrons. The van der Waals surface area contributed by atoms with E-state index < -0.39 is 23.4 Å². The molecule has 0 unspecified atom stereocenters. The minimum Gasteiger partial charge on any atom is -0.497 e. The average Bonchev–Trinajstić information content (AvgIpc) is 3.53. The molecule has 0 bridgehead atoms. The number of anilines is 2. The van der Waals surface area contributed by atoms with Gasteiger partial charge in [-0.1, -0.05) is 80.1 Å². The lowest BCUT2D eigenvalue weighted by Gasteiger charge is -2.39. The first kappa shape index (κ1) is 27.8. The molecule has 1 fully saturated rings. The van der Waals surface area contributed by atoms with Crippen LogP contribution in [0.1, 0.15) is 57.7 Å². The van der Waals surface area contributed by atoms with Crippen LogP contribution in [0, 0.1) is 5.92 Å². The zero-order valence-electron chi connectivity index (χ0n) is 25.0. The van der Waals surface area contributed by atoms with Crippen molar-refractivity contribution in [3.63, 3.8) is 0 Å². The molecule has 44 heavy (non-hydrogen) atoms. The highest BCUT2D eigenvalue weighted by molar-refractivity contribution is 6.18. The molecule has 3 heterocycles. The summed E-state index contributed by atoms with van der Waals surface area (Å²) < 4.78 is 5.36. The fraction of sp³-hybridized carbons (Fsp3) is 0.237. The Kier molecular flexibility index (Phi) is 6.73. The monoisotopic (exact) mass is 582 g/mol. The largest absolute Gasteiger partial charge is 0.497 e. The van der Waals surface area contributed by atoms with Crippen LogP contribution in [0.5, 0.6) is 5.75 Å². The van der Waals surface area contributed by atoms with Gasteiger partial charge in [0.1, 0.15) is 17.2 Å². The molecule has 6 heteroatoms. The number of allylic oxidation sites excluding steroid dienone is 1. The number of hydrogen-bond donors (Lipinski definition) is 1. The number of fused-ring (bicyclic) bond motifs is 6. The quantitative estimate of drug-likeness (QED) is 0.240. The zero-order valence-corrected chi connectivity index (χ0v) is 25.0. The Morgan fingerprint density at radius 1 is 0.864 bits per heavy atom. The Balaban J connectivity index is 1.50. The minimum absolute atomic E-state index is 0.213. The van der Waals surface area contributed by atoms with E-state index in [-0.39, 0.29) is 17.5 Å². The molecule has 1 N–H and O–H groups in total. The molecule has 3 aliphatic rings. The van der Waals surface area contributed by atoms with Crippen LogP contribution in [0.2, 0.25) is 0 Å². The third kappa shape index (κ3) is 3.97. The van der Waals surface area contributed by atoms with Crippen molar-refractivity contribution in [2.45, 2.75) is 44.2 Å². The summed E-state index contributed by atoms with van der Waals surface area (Å²) >= 11 is 0. The Morgan fingerprint density at radius 3 is 2.25 bits per heavy atom. The molecule has 7 rings (SSSR count). The topological polar surface area (TPSA) is 75.7 Å². The maximum Gasteiger partial charge on any atom is 0.238 e. The Labute approximate surface area is 257 Å². The second-order valence-electron chi connectivity index (χ2n) is 11.9. The number of ether oxygens (including phenoxy) is 1. The third-order valence-corrected chi connectivity index (χ3v) is 9.59. The van der Waals surface area contributed by atoms with E-state index in [1.807, 2.05) is 84.6 Å². The first-order valence-electron chi connectivity index (χ1n) is 15.2. The number of hydrogen-bond acceptors (Lipinski definition) is 5. The van der Waals surface area contributed by atoms with Crippen LogP contribution < -0.4 is 15.0 Å². The van der Waals surface area contributed by atoms with Gasteiger partial charge < -0.3 is 15.0 Å². The molecular weight excluding hydrogens is 548 g/mol. The number of carbonyl (C=O) groups excluding carboxylic acids is 3. The number of benzene rings is 4. The maximum absolute atomic E-state index is 15.0. The lowest BCUT2D eigenvalue weighted by molar-refractivity contribution is -0.121. The minimum atomic E-state index is -1.34. The number of ketones is 2. The van der Waals surface area contributed by atoms with Gasteiger partial charge in [0.15, 0.2) is 11.6 Å². The predicted molar refractivity (Wildman–Crippen MR) is 172 cm³/mol. The second-order valence-corrected chi connectivity index (χ2v) is 11.9. The van der Waals surface area contributed by atoms with E-state index >= 15 is 4.79 Å². The SMILES string of the molecule is CCCc1ccc(C(=O)[C@@H]2[C@H](C(=O)c3ccc(OC)cc3)N3c4ccccc4C(C)=C[C@H]3[C@@]23C(=O)Nc2ccccc23)cc1. The molecule has 6 nitrogen and oxygen atoms in total. The van der Waals surface area contributed by atoms with Gasteiger partial charge in [-0.15, -0.1) is 0 Å². The van der Waals surface area contributed by atoms with Crippen molar-refractivity contribution >= 4 is 34.4 Å². The fourth-order valence-electron chi connectivity index (χ4n) is 7.62. The second kappa shape index (κ2) is 10.6. The summed E-state index contributed by atoms with van der Waals surface area (Å²) in [5, 5.41) is 3.10. The fourth-order valence-corrected chi connectivity index (χ4v) is 7.62. The molecule has 1 amide bonds. The van der Waals surface area contributed by atoms with E-state index in [1.165, 1.54) is 0 Å². The van der Waals surface area contributed by atoms with Crippen molar-refractivity contribution in [2.24, 2.45) is 5.92 Å². The van der Waals surface area contributed by atoms with E-state index in [1.54, 1.807) is 31.4 Å². The van der Waals surface area contributed by atoms with Gasteiger partial charge in [-0.25, -0.2) is 0 Å². The number of para-hydroxylation sites is 2. The number of nitrogens with one attached hydrogen (secondary N) is 1. The van der Waals surface area contributed by atoms with Crippen LogP contribution in [0.15, 0.2) is 103 Å². The van der Waals surface area contributed by atoms with E-state index in [9.17, 15) is 9.59 Å². The molecule has 4 atom stereocenters. The molecule has 0 aromatic heterocycles. The van der Waals surface area contributed by atoms with Crippen molar-refractivity contribution in [1.29, 1.82) is 0 Å². The van der Waals surface area contributed by atoms with Crippen LogP contribution >= 0.6 is 0 Å². The van der Waals surface area contributed by atoms with Crippen molar-refractivity contribution in [3.05, 3.63) is 131 Å². The molecule has 4 aromatic rings. The first-order valence-corrected chi connectivity index (χ1v) is 15.2. The molecule has 4 aromatic carbocycles. The third-order valence-electron chi connectivity index (χ3n) is 9.59. The number of amides is 1. The van der Waals surface area contributed by atoms with Crippen molar-refractivity contribution < 1.29 is 19.1 Å². The molecule has 0 aliphatic carbocycles. The van der Waals surface area contributed by atoms with Gasteiger partial charge >= 0.3 is 0 Å².